The molecule has 2 nitrogen and oxygen atoms in total. The van der Waals surface area contributed by atoms with E-state index in [1.165, 1.54) is 0 Å². The molecule has 0 aliphatic carbocycles. The molecule has 1 rings (SSSR count). The van der Waals surface area contributed by atoms with Gasteiger partial charge in [-0.05, 0) is 11.7 Å². The van der Waals surface area contributed by atoms with Gasteiger partial charge in [0.25, 0.3) is 0 Å². The summed E-state index contributed by atoms with van der Waals surface area (Å²) >= 11 is 13.8. The summed E-state index contributed by atoms with van der Waals surface area (Å²) in [4.78, 5) is 8.45. The van der Waals surface area contributed by atoms with Crippen LogP contribution in [-0.2, 0) is 12.2 Å². The van der Waals surface area contributed by atoms with E-state index in [0.29, 0.717) is 21.4 Å². The van der Waals surface area contributed by atoms with Crippen molar-refractivity contribution in [2.24, 2.45) is 0 Å². The molecule has 0 aromatic carbocycles. The normalized spacial score (nSPS) is 11.1. The smallest absolute Gasteiger partial charge is 0.141 e. The van der Waals surface area contributed by atoms with Crippen molar-refractivity contribution in [1.82, 2.24) is 9.97 Å². The lowest BCUT2D eigenvalue weighted by atomic mass is 10.3. The SMILES string of the molecule is CCc1c(Cl)nc(CSC(C)C)nc1Cl. The molecule has 5 heteroatoms. The number of aromatic nitrogens is 2. The lowest BCUT2D eigenvalue weighted by Gasteiger charge is -2.07. The molecular weight excluding hydrogens is 251 g/mol. The van der Waals surface area contributed by atoms with Crippen LogP contribution in [0.5, 0.6) is 0 Å². The van der Waals surface area contributed by atoms with Crippen LogP contribution in [0.25, 0.3) is 0 Å². The molecule has 84 valence electrons. The highest BCUT2D eigenvalue weighted by Gasteiger charge is 2.10. The Balaban J connectivity index is 2.84. The third-order valence-electron chi connectivity index (χ3n) is 1.85. The monoisotopic (exact) mass is 264 g/mol. The molecule has 0 atom stereocenters. The Kier molecular flexibility index (Phi) is 5.16. The second kappa shape index (κ2) is 5.92. The van der Waals surface area contributed by atoms with Gasteiger partial charge in [0.2, 0.25) is 0 Å². The Bertz CT molecular complexity index is 319. The van der Waals surface area contributed by atoms with Gasteiger partial charge in [-0.3, -0.25) is 0 Å². The molecule has 0 saturated heterocycles. The fourth-order valence-electron chi connectivity index (χ4n) is 1.07. The molecule has 0 spiro atoms. The Labute approximate surface area is 105 Å². The Morgan fingerprint density at radius 2 is 1.73 bits per heavy atom. The molecule has 15 heavy (non-hydrogen) atoms. The minimum Gasteiger partial charge on any atom is -0.220 e. The largest absolute Gasteiger partial charge is 0.220 e. The van der Waals surface area contributed by atoms with Crippen LogP contribution < -0.4 is 0 Å². The molecule has 0 bridgehead atoms. The molecular formula is C10H14Cl2N2S. The van der Waals surface area contributed by atoms with Gasteiger partial charge >= 0.3 is 0 Å². The molecule has 0 amide bonds. The molecule has 0 aliphatic rings. The van der Waals surface area contributed by atoms with Crippen molar-refractivity contribution in [2.45, 2.75) is 38.2 Å². The second-order valence-electron chi connectivity index (χ2n) is 3.41. The molecule has 0 N–H and O–H groups in total. The van der Waals surface area contributed by atoms with Crippen molar-refractivity contribution in [3.8, 4) is 0 Å². The van der Waals surface area contributed by atoms with Gasteiger partial charge in [0.05, 0.1) is 5.75 Å². The molecule has 0 aliphatic heterocycles. The van der Waals surface area contributed by atoms with Gasteiger partial charge in [0.15, 0.2) is 0 Å². The summed E-state index contributed by atoms with van der Waals surface area (Å²) < 4.78 is 0. The Morgan fingerprint density at radius 3 is 2.13 bits per heavy atom. The van der Waals surface area contributed by atoms with E-state index < -0.39 is 0 Å². The van der Waals surface area contributed by atoms with Crippen LogP contribution in [0, 0.1) is 0 Å². The summed E-state index contributed by atoms with van der Waals surface area (Å²) in [6.07, 6.45) is 0.759. The van der Waals surface area contributed by atoms with E-state index in [4.69, 9.17) is 23.2 Å². The van der Waals surface area contributed by atoms with Crippen molar-refractivity contribution in [1.29, 1.82) is 0 Å². The van der Waals surface area contributed by atoms with Crippen molar-refractivity contribution in [3.05, 3.63) is 21.7 Å². The summed E-state index contributed by atoms with van der Waals surface area (Å²) in [7, 11) is 0. The molecule has 1 aromatic heterocycles. The van der Waals surface area contributed by atoms with E-state index in [0.717, 1.165) is 17.7 Å². The zero-order valence-electron chi connectivity index (χ0n) is 9.05. The van der Waals surface area contributed by atoms with E-state index >= 15 is 0 Å². The number of hydrogen-bond donors (Lipinski definition) is 0. The van der Waals surface area contributed by atoms with Crippen molar-refractivity contribution in [3.63, 3.8) is 0 Å². The fraction of sp³-hybridized carbons (Fsp3) is 0.600. The highest BCUT2D eigenvalue weighted by Crippen LogP contribution is 2.23. The molecule has 1 heterocycles. The standard InChI is InChI=1S/C10H14Cl2N2S/c1-4-7-9(11)13-8(14-10(7)12)5-15-6(2)3/h6H,4-5H2,1-3H3. The second-order valence-corrected chi connectivity index (χ2v) is 5.69. The number of halogens is 2. The lowest BCUT2D eigenvalue weighted by molar-refractivity contribution is 0.974. The third-order valence-corrected chi connectivity index (χ3v) is 3.57. The zero-order chi connectivity index (χ0) is 11.4. The summed E-state index contributed by atoms with van der Waals surface area (Å²) in [6, 6.07) is 0. The molecule has 1 aromatic rings. The van der Waals surface area contributed by atoms with Gasteiger partial charge in [0.1, 0.15) is 16.1 Å². The highest BCUT2D eigenvalue weighted by molar-refractivity contribution is 7.99. The van der Waals surface area contributed by atoms with Crippen LogP contribution in [0.4, 0.5) is 0 Å². The van der Waals surface area contributed by atoms with Crippen molar-refractivity contribution >= 4 is 35.0 Å². The van der Waals surface area contributed by atoms with Crippen molar-refractivity contribution < 1.29 is 0 Å². The van der Waals surface area contributed by atoms with E-state index in [-0.39, 0.29) is 0 Å². The number of nitrogens with zero attached hydrogens (tertiary/aromatic N) is 2. The maximum Gasteiger partial charge on any atom is 0.141 e. The van der Waals surface area contributed by atoms with Gasteiger partial charge in [0, 0.05) is 5.56 Å². The molecule has 0 radical (unpaired) electrons. The number of rotatable bonds is 4. The van der Waals surface area contributed by atoms with Gasteiger partial charge in [-0.15, -0.1) is 0 Å². The first-order valence-electron chi connectivity index (χ1n) is 4.87. The van der Waals surface area contributed by atoms with Crippen LogP contribution in [-0.4, -0.2) is 15.2 Å². The van der Waals surface area contributed by atoms with Crippen molar-refractivity contribution in [2.75, 3.05) is 0 Å². The summed E-state index contributed by atoms with van der Waals surface area (Å²) in [5.41, 5.74) is 0.830. The van der Waals surface area contributed by atoms with Gasteiger partial charge in [-0.1, -0.05) is 44.0 Å². The summed E-state index contributed by atoms with van der Waals surface area (Å²) in [6.45, 7) is 6.25. The summed E-state index contributed by atoms with van der Waals surface area (Å²) in [5, 5.41) is 1.52. The predicted molar refractivity (Wildman–Crippen MR) is 67.9 cm³/mol. The van der Waals surface area contributed by atoms with Crippen LogP contribution in [0.1, 0.15) is 32.2 Å². The first-order chi connectivity index (χ1) is 7.04. The van der Waals surface area contributed by atoms with Gasteiger partial charge in [-0.2, -0.15) is 11.8 Å². The average molecular weight is 265 g/mol. The molecule has 0 fully saturated rings. The first kappa shape index (κ1) is 13.1. The van der Waals surface area contributed by atoms with E-state index in [2.05, 4.69) is 23.8 Å². The lowest BCUT2D eigenvalue weighted by Crippen LogP contribution is -2.00. The first-order valence-corrected chi connectivity index (χ1v) is 6.67. The van der Waals surface area contributed by atoms with Crippen LogP contribution in [0.2, 0.25) is 10.3 Å². The number of hydrogen-bond acceptors (Lipinski definition) is 3. The summed E-state index contributed by atoms with van der Waals surface area (Å²) in [5.74, 6) is 1.46. The highest BCUT2D eigenvalue weighted by atomic mass is 35.5. The fourth-order valence-corrected chi connectivity index (χ4v) is 2.37. The average Bonchev–Trinajstić information content (AvgIpc) is 2.14. The van der Waals surface area contributed by atoms with Crippen LogP contribution in [0.3, 0.4) is 0 Å². The minimum absolute atomic E-state index is 0.483. The van der Waals surface area contributed by atoms with E-state index in [1.807, 2.05) is 6.92 Å². The Morgan fingerprint density at radius 1 is 1.20 bits per heavy atom. The maximum absolute atomic E-state index is 6.01. The van der Waals surface area contributed by atoms with Gasteiger partial charge < -0.3 is 0 Å². The third kappa shape index (κ3) is 3.82. The van der Waals surface area contributed by atoms with E-state index in [9.17, 15) is 0 Å². The zero-order valence-corrected chi connectivity index (χ0v) is 11.4. The molecule has 0 saturated carbocycles. The van der Waals surface area contributed by atoms with Crippen LogP contribution in [0.15, 0.2) is 0 Å². The topological polar surface area (TPSA) is 25.8 Å². The maximum atomic E-state index is 6.01. The number of thioether (sulfide) groups is 1. The predicted octanol–water partition coefficient (Wildman–Crippen LogP) is 3.99. The minimum atomic E-state index is 0.483. The van der Waals surface area contributed by atoms with Gasteiger partial charge in [-0.25, -0.2) is 9.97 Å². The molecule has 0 unspecified atom stereocenters. The quantitative estimate of drug-likeness (QED) is 0.770. The van der Waals surface area contributed by atoms with E-state index in [1.54, 1.807) is 11.8 Å². The van der Waals surface area contributed by atoms with Crippen LogP contribution >= 0.6 is 35.0 Å². The Hall–Kier alpha value is 0.01000.